The first-order chi connectivity index (χ1) is 2.56. The molecule has 0 amide bonds. The van der Waals surface area contributed by atoms with E-state index in [1.165, 1.54) is 0 Å². The highest BCUT2D eigenvalue weighted by Crippen LogP contribution is 1.96. The van der Waals surface area contributed by atoms with E-state index in [0.29, 0.717) is 0 Å². The van der Waals surface area contributed by atoms with E-state index in [0.717, 1.165) is 0 Å². The number of rotatable bonds is 1. The minimum Gasteiger partial charge on any atom is -0.342 e. The Morgan fingerprint density at radius 1 is 1.67 bits per heavy atom. The summed E-state index contributed by atoms with van der Waals surface area (Å²) in [6, 6.07) is 0. The lowest BCUT2D eigenvalue weighted by atomic mass is 10.4. The standard InChI is InChI=1S/C3H6O3/c1-2-3(4,5)6/h4-5H,1-2H2. The molecule has 3 heteroatoms. The second kappa shape index (κ2) is 1.55. The Balaban J connectivity index is 3.17. The van der Waals surface area contributed by atoms with Crippen LogP contribution in [-0.2, 0) is 5.11 Å². The van der Waals surface area contributed by atoms with Crippen LogP contribution in [0.15, 0.2) is 0 Å². The van der Waals surface area contributed by atoms with Crippen molar-refractivity contribution in [2.75, 3.05) is 0 Å². The van der Waals surface area contributed by atoms with E-state index in [1.54, 1.807) is 0 Å². The summed E-state index contributed by atoms with van der Waals surface area (Å²) in [5.74, 6) is -2.82. The van der Waals surface area contributed by atoms with Gasteiger partial charge in [-0.25, -0.2) is 0 Å². The molecule has 0 fully saturated rings. The molecule has 2 N–H and O–H groups in total. The summed E-state index contributed by atoms with van der Waals surface area (Å²) in [4.78, 5) is 0. The fourth-order valence-electron chi connectivity index (χ4n) is 0. The first-order valence-electron chi connectivity index (χ1n) is 1.50. The minimum absolute atomic E-state index is 0.424. The van der Waals surface area contributed by atoms with Crippen LogP contribution in [0, 0.1) is 6.92 Å². The van der Waals surface area contributed by atoms with Gasteiger partial charge in [-0.2, -0.15) is 5.11 Å². The number of hydrogen-bond acceptors (Lipinski definition) is 2. The molecule has 36 valence electrons. The minimum atomic E-state index is -2.82. The first kappa shape index (κ1) is 5.88. The van der Waals surface area contributed by atoms with Crippen LogP contribution in [0.3, 0.4) is 0 Å². The van der Waals surface area contributed by atoms with Gasteiger partial charge in [-0.15, -0.1) is 0 Å². The average molecular weight is 90.1 g/mol. The Morgan fingerprint density at radius 3 is 1.83 bits per heavy atom. The van der Waals surface area contributed by atoms with Gasteiger partial charge in [0.2, 0.25) is 0 Å². The summed E-state index contributed by atoms with van der Waals surface area (Å²) in [6.45, 7) is 2.94. The Kier molecular flexibility index (Phi) is 1.52. The van der Waals surface area contributed by atoms with E-state index >= 15 is 0 Å². The molecule has 0 aromatic rings. The van der Waals surface area contributed by atoms with Crippen molar-refractivity contribution in [1.29, 1.82) is 0 Å². The zero-order chi connectivity index (χ0) is 5.21. The third-order valence-corrected chi connectivity index (χ3v) is 0.326. The molecule has 0 bridgehead atoms. The molecule has 3 nitrogen and oxygen atoms in total. The molecule has 0 heterocycles. The van der Waals surface area contributed by atoms with Gasteiger partial charge >= 0.3 is 5.97 Å². The summed E-state index contributed by atoms with van der Waals surface area (Å²) in [6.07, 6.45) is -0.424. The molecule has 0 aliphatic heterocycles. The van der Waals surface area contributed by atoms with Gasteiger partial charge in [0.1, 0.15) is 0 Å². The van der Waals surface area contributed by atoms with Crippen LogP contribution in [0.2, 0.25) is 0 Å². The summed E-state index contributed by atoms with van der Waals surface area (Å²) < 4.78 is 0. The van der Waals surface area contributed by atoms with Crippen LogP contribution in [0.1, 0.15) is 6.42 Å². The lowest BCUT2D eigenvalue weighted by Gasteiger charge is -2.04. The Labute approximate surface area is 35.9 Å². The largest absolute Gasteiger partial charge is 0.342 e. The van der Waals surface area contributed by atoms with Gasteiger partial charge < -0.3 is 10.2 Å². The van der Waals surface area contributed by atoms with Crippen molar-refractivity contribution in [1.82, 2.24) is 0 Å². The predicted molar refractivity (Wildman–Crippen MR) is 17.8 cm³/mol. The van der Waals surface area contributed by atoms with Gasteiger partial charge in [-0.3, -0.25) is 0 Å². The fourth-order valence-corrected chi connectivity index (χ4v) is 0. The van der Waals surface area contributed by atoms with Gasteiger partial charge in [0.25, 0.3) is 0 Å². The van der Waals surface area contributed by atoms with E-state index in [1.807, 2.05) is 0 Å². The summed E-state index contributed by atoms with van der Waals surface area (Å²) >= 11 is 0. The second-order valence-corrected chi connectivity index (χ2v) is 0.993. The smallest absolute Gasteiger partial charge is 0.307 e. The monoisotopic (exact) mass is 90.0 g/mol. The first-order valence-corrected chi connectivity index (χ1v) is 1.50. The Bertz CT molecular complexity index is 35.8. The second-order valence-electron chi connectivity index (χ2n) is 0.993. The molecule has 0 aromatic carbocycles. The van der Waals surface area contributed by atoms with Gasteiger partial charge in [-0.1, -0.05) is 0 Å². The predicted octanol–water partition coefficient (Wildman–Crippen LogP) is -0.721. The van der Waals surface area contributed by atoms with Gasteiger partial charge in [0, 0.05) is 6.42 Å². The van der Waals surface area contributed by atoms with Gasteiger partial charge in [0.15, 0.2) is 0 Å². The third-order valence-electron chi connectivity index (χ3n) is 0.326. The van der Waals surface area contributed by atoms with E-state index in [4.69, 9.17) is 10.2 Å². The van der Waals surface area contributed by atoms with Crippen LogP contribution >= 0.6 is 0 Å². The molecule has 0 rings (SSSR count). The highest BCUT2D eigenvalue weighted by molar-refractivity contribution is 4.45. The lowest BCUT2D eigenvalue weighted by Crippen LogP contribution is -2.23. The van der Waals surface area contributed by atoms with Crippen LogP contribution < -0.4 is 0 Å². The SMILES string of the molecule is [CH2]CC([O])(O)O. The fraction of sp³-hybridized carbons (Fsp3) is 0.667. The molecule has 0 saturated carbocycles. The van der Waals surface area contributed by atoms with Crippen molar-refractivity contribution in [2.45, 2.75) is 12.4 Å². The molecule has 0 aromatic heterocycles. The van der Waals surface area contributed by atoms with Crippen molar-refractivity contribution >= 4 is 0 Å². The third kappa shape index (κ3) is 3.88. The molecular formula is C3H6O3. The molecule has 0 aliphatic carbocycles. The molecule has 2 radical (unpaired) electrons. The molecule has 0 unspecified atom stereocenters. The summed E-state index contributed by atoms with van der Waals surface area (Å²) in [5, 5.41) is 25.0. The zero-order valence-corrected chi connectivity index (χ0v) is 3.22. The maximum Gasteiger partial charge on any atom is 0.307 e. The lowest BCUT2D eigenvalue weighted by molar-refractivity contribution is -0.341. The van der Waals surface area contributed by atoms with Crippen LogP contribution in [0.4, 0.5) is 0 Å². The molecule has 0 saturated heterocycles. The summed E-state index contributed by atoms with van der Waals surface area (Å²) in [7, 11) is 0. The topological polar surface area (TPSA) is 60.4 Å². The van der Waals surface area contributed by atoms with E-state index in [2.05, 4.69) is 6.92 Å². The number of hydrogen-bond donors (Lipinski definition) is 2. The maximum atomic E-state index is 9.52. The van der Waals surface area contributed by atoms with Crippen molar-refractivity contribution in [3.05, 3.63) is 6.92 Å². The van der Waals surface area contributed by atoms with Crippen molar-refractivity contribution < 1.29 is 15.3 Å². The highest BCUT2D eigenvalue weighted by atomic mass is 16.7. The molecule has 0 aliphatic rings. The number of aliphatic hydroxyl groups is 2. The van der Waals surface area contributed by atoms with Crippen LogP contribution in [0.5, 0.6) is 0 Å². The van der Waals surface area contributed by atoms with E-state index in [-0.39, 0.29) is 0 Å². The maximum absolute atomic E-state index is 9.52. The Hall–Kier alpha value is -0.120. The van der Waals surface area contributed by atoms with E-state index < -0.39 is 12.4 Å². The van der Waals surface area contributed by atoms with Crippen LogP contribution in [-0.4, -0.2) is 16.2 Å². The van der Waals surface area contributed by atoms with E-state index in [9.17, 15) is 5.11 Å². The molecular weight excluding hydrogens is 84.0 g/mol. The zero-order valence-electron chi connectivity index (χ0n) is 3.22. The summed E-state index contributed by atoms with van der Waals surface area (Å²) in [5.41, 5.74) is 0. The van der Waals surface area contributed by atoms with Gasteiger partial charge in [0.05, 0.1) is 0 Å². The highest BCUT2D eigenvalue weighted by Gasteiger charge is 2.15. The normalized spacial score (nSPS) is 12.0. The van der Waals surface area contributed by atoms with Crippen LogP contribution in [0.25, 0.3) is 0 Å². The average Bonchev–Trinajstić information content (AvgIpc) is 1.35. The van der Waals surface area contributed by atoms with Crippen molar-refractivity contribution in [2.24, 2.45) is 0 Å². The van der Waals surface area contributed by atoms with Crippen molar-refractivity contribution in [3.63, 3.8) is 0 Å². The molecule has 6 heavy (non-hydrogen) atoms. The molecule has 0 atom stereocenters. The molecule has 0 spiro atoms. The Morgan fingerprint density at radius 2 is 1.83 bits per heavy atom. The van der Waals surface area contributed by atoms with Gasteiger partial charge in [-0.05, 0) is 6.92 Å². The quantitative estimate of drug-likeness (QED) is 0.417. The van der Waals surface area contributed by atoms with Crippen molar-refractivity contribution in [3.8, 4) is 0 Å².